The van der Waals surface area contributed by atoms with E-state index in [1.807, 2.05) is 67.8 Å². The molecule has 0 saturated carbocycles. The zero-order valence-electron chi connectivity index (χ0n) is 70.1. The highest BCUT2D eigenvalue weighted by Gasteiger charge is 2.30. The first-order valence-electron chi connectivity index (χ1n) is 43.6. The van der Waals surface area contributed by atoms with Gasteiger partial charge in [0.05, 0.1) is 27.6 Å². The van der Waals surface area contributed by atoms with Crippen LogP contribution >= 0.6 is 79.4 Å². The van der Waals surface area contributed by atoms with Gasteiger partial charge in [0.1, 0.15) is 26.4 Å². The minimum atomic E-state index is -1.45. The van der Waals surface area contributed by atoms with Crippen molar-refractivity contribution in [3.05, 3.63) is 16.3 Å². The number of halogens is 4. The van der Waals surface area contributed by atoms with Gasteiger partial charge in [0, 0.05) is 46.5 Å². The van der Waals surface area contributed by atoms with E-state index in [0.717, 1.165) is 77.0 Å². The normalized spacial score (nSPS) is 11.7. The summed E-state index contributed by atoms with van der Waals surface area (Å²) in [5.74, 6) is -3.28. The van der Waals surface area contributed by atoms with Gasteiger partial charge in [-0.05, 0) is 100 Å². The summed E-state index contributed by atoms with van der Waals surface area (Å²) in [7, 11) is 0. The van der Waals surface area contributed by atoms with Crippen molar-refractivity contribution in [3.63, 3.8) is 0 Å². The lowest BCUT2D eigenvalue weighted by Gasteiger charge is -2.21. The molecule has 0 spiro atoms. The molecule has 2 N–H and O–H groups in total. The average molecular weight is 1930 g/mol. The highest BCUT2D eigenvalue weighted by atomic mass is 127. The Labute approximate surface area is 717 Å². The molecule has 20 nitrogen and oxygen atoms in total. The standard InChI is InChI=1S/C49H79I3N2O11.C38H71ClO7/c1-6-8-10-12-14-16-18-20-22-24-26-28-30-32-40(57)61-34-39(35-62-41(58)33-31-29-27-25-23-21-19-17-15-13-11-9-7-2)65-49(60)64-38(5)63-48(59)42-43(50)46(53-36(3)55)45(52)47(44(42)51)54-37(4)56;1-4-6-8-10-12-14-16-18-20-22-24-26-28-30-36(40)43-32-35(46-38(42)45-34(3)39)33-44-37(41)31-29-27-25-23-21-19-17-15-13-11-9-7-5-2/h38-39H,6-35H2,1-5H3,(H,53,55)(H,54,56);34-35H,4-33H2,1-3H3. The predicted octanol–water partition coefficient (Wildman–Crippen LogP) is 26.6. The molecule has 2 amide bonds. The lowest BCUT2D eigenvalue weighted by atomic mass is 10.0. The molecule has 111 heavy (non-hydrogen) atoms. The van der Waals surface area contributed by atoms with Crippen LogP contribution in [0.1, 0.15) is 425 Å². The number of anilines is 2. The lowest BCUT2D eigenvalue weighted by molar-refractivity contribution is -0.156. The Hall–Kier alpha value is -3.47. The smallest absolute Gasteiger partial charge is 0.462 e. The molecule has 1 rings (SSSR count). The largest absolute Gasteiger partial charge is 0.511 e. The molecule has 644 valence electrons. The molecule has 2 unspecified atom stereocenters. The van der Waals surface area contributed by atoms with Crippen molar-refractivity contribution in [1.82, 2.24) is 0 Å². The van der Waals surface area contributed by atoms with E-state index in [4.69, 9.17) is 54.2 Å². The monoisotopic (exact) mass is 1930 g/mol. The Bertz CT molecular complexity index is 2450. The fourth-order valence-electron chi connectivity index (χ4n) is 12.7. The van der Waals surface area contributed by atoms with Gasteiger partial charge in [0.25, 0.3) is 0 Å². The fourth-order valence-corrected chi connectivity index (χ4v) is 16.9. The summed E-state index contributed by atoms with van der Waals surface area (Å²) in [6.07, 6.45) is 58.3. The number of unbranched alkanes of at least 4 members (excludes halogenated alkanes) is 48. The molecule has 0 radical (unpaired) electrons. The molecule has 2 atom stereocenters. The van der Waals surface area contributed by atoms with Crippen LogP contribution in [0.4, 0.5) is 21.0 Å². The maximum Gasteiger partial charge on any atom is 0.511 e. The molecule has 0 aliphatic heterocycles. The Morgan fingerprint density at radius 3 is 0.712 bits per heavy atom. The number of rotatable bonds is 72. The zero-order chi connectivity index (χ0) is 82.2. The third-order valence-corrected chi connectivity index (χ3v) is 22.4. The van der Waals surface area contributed by atoms with Crippen LogP contribution in [0.2, 0.25) is 0 Å². The number of esters is 5. The number of nitrogens with one attached hydrogen (secondary N) is 2. The van der Waals surface area contributed by atoms with Crippen LogP contribution in [0.5, 0.6) is 0 Å². The van der Waals surface area contributed by atoms with Crippen molar-refractivity contribution in [1.29, 1.82) is 0 Å². The van der Waals surface area contributed by atoms with Crippen LogP contribution in [0.15, 0.2) is 0 Å². The van der Waals surface area contributed by atoms with E-state index in [2.05, 4.69) is 38.3 Å². The highest BCUT2D eigenvalue weighted by molar-refractivity contribution is 14.1. The zero-order valence-corrected chi connectivity index (χ0v) is 77.3. The number of ether oxygens (including phenoxy) is 9. The summed E-state index contributed by atoms with van der Waals surface area (Å²) in [5.41, 5.74) is -0.230. The number of amides is 2. The van der Waals surface area contributed by atoms with Crippen LogP contribution < -0.4 is 10.6 Å². The van der Waals surface area contributed by atoms with Crippen LogP contribution in [-0.4, -0.2) is 104 Å². The molecule has 1 aromatic carbocycles. The number of carbonyl (C=O) groups excluding carboxylic acids is 9. The van der Waals surface area contributed by atoms with E-state index < -0.39 is 54.3 Å². The van der Waals surface area contributed by atoms with Crippen LogP contribution in [0.3, 0.4) is 0 Å². The van der Waals surface area contributed by atoms with Gasteiger partial charge in [-0.15, -0.1) is 0 Å². The maximum absolute atomic E-state index is 13.5. The fraction of sp³-hybridized carbons (Fsp3) is 0.828. The topological polar surface area (TPSA) is 261 Å². The maximum atomic E-state index is 13.5. The molecule has 0 aliphatic rings. The Morgan fingerprint density at radius 1 is 0.297 bits per heavy atom. The van der Waals surface area contributed by atoms with E-state index >= 15 is 0 Å². The molecule has 0 saturated heterocycles. The molecule has 0 aliphatic carbocycles. The van der Waals surface area contributed by atoms with Crippen LogP contribution in [-0.2, 0) is 71.4 Å². The highest BCUT2D eigenvalue weighted by Crippen LogP contribution is 2.40. The van der Waals surface area contributed by atoms with Gasteiger partial charge in [0.15, 0.2) is 17.8 Å². The number of benzene rings is 1. The molecule has 0 heterocycles. The summed E-state index contributed by atoms with van der Waals surface area (Å²) >= 11 is 11.5. The molecule has 0 fully saturated rings. The van der Waals surface area contributed by atoms with Crippen molar-refractivity contribution in [3.8, 4) is 0 Å². The number of hydrogen-bond donors (Lipinski definition) is 2. The van der Waals surface area contributed by atoms with E-state index in [0.29, 0.717) is 47.8 Å². The van der Waals surface area contributed by atoms with Crippen molar-refractivity contribution in [2.75, 3.05) is 37.1 Å². The molecule has 0 bridgehead atoms. The second kappa shape index (κ2) is 76.5. The summed E-state index contributed by atoms with van der Waals surface area (Å²) < 4.78 is 49.0. The first-order valence-corrected chi connectivity index (χ1v) is 47.2. The lowest BCUT2D eigenvalue weighted by Crippen LogP contribution is -2.33. The molecule has 0 aromatic heterocycles. The van der Waals surface area contributed by atoms with Gasteiger partial charge in [0.2, 0.25) is 18.1 Å². The van der Waals surface area contributed by atoms with E-state index in [1.165, 1.54) is 272 Å². The Morgan fingerprint density at radius 2 is 0.505 bits per heavy atom. The van der Waals surface area contributed by atoms with E-state index in [1.54, 1.807) is 0 Å². The summed E-state index contributed by atoms with van der Waals surface area (Å²) in [6, 6.07) is 0. The van der Waals surface area contributed by atoms with Gasteiger partial charge in [-0.2, -0.15) is 0 Å². The molecule has 1 aromatic rings. The molecular weight excluding hydrogens is 1780 g/mol. The van der Waals surface area contributed by atoms with E-state index in [-0.39, 0.29) is 68.6 Å². The Kier molecular flexibility index (Phi) is 74.1. The summed E-state index contributed by atoms with van der Waals surface area (Å²) in [4.78, 5) is 112. The van der Waals surface area contributed by atoms with Crippen molar-refractivity contribution in [2.45, 2.75) is 439 Å². The van der Waals surface area contributed by atoms with Gasteiger partial charge >= 0.3 is 42.2 Å². The van der Waals surface area contributed by atoms with Crippen LogP contribution in [0, 0.1) is 10.7 Å². The quantitative estimate of drug-likeness (QED) is 0.0153. The van der Waals surface area contributed by atoms with Gasteiger partial charge in [-0.25, -0.2) is 14.4 Å². The summed E-state index contributed by atoms with van der Waals surface area (Å²) in [6.45, 7) is 13.3. The third-order valence-electron chi connectivity index (χ3n) is 19.1. The minimum absolute atomic E-state index is 0.0339. The SMILES string of the molecule is CCCCCCCCCCCCCCCC(=O)OCC(COC(=O)CCCCCCCCCCCCCCC)OC(=O)OC(C)Cl.CCCCCCCCCCCCCCCC(=O)OCC(COC(=O)CCCCCCCCCCCCCCC)OC(=O)OC(C)OC(=O)c1c(I)c(NC(C)=O)c(I)c(NC(C)=O)c1I. The number of alkyl halides is 1. The summed E-state index contributed by atoms with van der Waals surface area (Å²) in [5, 5.41) is 5.39. The predicted molar refractivity (Wildman–Crippen MR) is 471 cm³/mol. The number of hydrogen-bond acceptors (Lipinski definition) is 18. The third kappa shape index (κ3) is 66.3. The first-order chi connectivity index (χ1) is 53.6. The Balaban J connectivity index is 0.00000232. The first kappa shape index (κ1) is 108. The number of carbonyl (C=O) groups is 9. The second-order valence-corrected chi connectivity index (χ2v) is 33.7. The van der Waals surface area contributed by atoms with E-state index in [9.17, 15) is 43.2 Å². The van der Waals surface area contributed by atoms with Gasteiger partial charge in [-0.3, -0.25) is 28.8 Å². The molecular formula is C87H150ClI3N2O18. The average Bonchev–Trinajstić information content (AvgIpc) is 0.774. The van der Waals surface area contributed by atoms with Gasteiger partial charge < -0.3 is 53.3 Å². The second-order valence-electron chi connectivity index (χ2n) is 29.9. The van der Waals surface area contributed by atoms with Crippen molar-refractivity contribution in [2.24, 2.45) is 0 Å². The van der Waals surface area contributed by atoms with Crippen molar-refractivity contribution >= 4 is 145 Å². The minimum Gasteiger partial charge on any atom is -0.462 e. The van der Waals surface area contributed by atoms with Crippen LogP contribution in [0.25, 0.3) is 0 Å². The van der Waals surface area contributed by atoms with Crippen molar-refractivity contribution < 1.29 is 85.8 Å². The molecule has 24 heteroatoms. The van der Waals surface area contributed by atoms with Gasteiger partial charge in [-0.1, -0.05) is 347 Å².